The van der Waals surface area contributed by atoms with E-state index in [0.717, 1.165) is 10.6 Å². The van der Waals surface area contributed by atoms with E-state index in [4.69, 9.17) is 14.2 Å². The zero-order valence-corrected chi connectivity index (χ0v) is 13.3. The maximum Gasteiger partial charge on any atom is 0.357 e. The van der Waals surface area contributed by atoms with Crippen LogP contribution < -0.4 is 0 Å². The number of aromatic nitrogens is 1. The molecule has 1 fully saturated rings. The Morgan fingerprint density at radius 2 is 2.18 bits per heavy atom. The lowest BCUT2D eigenvalue weighted by molar-refractivity contribution is -0.142. The van der Waals surface area contributed by atoms with Gasteiger partial charge in [0.2, 0.25) is 0 Å². The number of carbonyl (C=O) groups excluding carboxylic acids is 1. The lowest BCUT2D eigenvalue weighted by atomic mass is 10.2. The quantitative estimate of drug-likeness (QED) is 0.810. The minimum atomic E-state index is -0.613. The molecule has 116 valence electrons. The van der Waals surface area contributed by atoms with E-state index in [1.54, 1.807) is 5.38 Å². The Hall–Kier alpha value is -1.76. The molecule has 1 atom stereocenters. The standard InChI is InChI=1S/C16H17NO4S/c1-16(2)20-9-12(21-16)8-19-15(18)13-10-22-14(17-13)11-6-4-3-5-7-11/h3-7,10,12H,8-9H2,1-2H3/t12-/m1/s1. The summed E-state index contributed by atoms with van der Waals surface area (Å²) in [4.78, 5) is 16.4. The van der Waals surface area contributed by atoms with E-state index in [9.17, 15) is 4.79 Å². The SMILES string of the molecule is CC1(C)OC[C@@H](COC(=O)c2csc(-c3ccccc3)n2)O1. The molecule has 22 heavy (non-hydrogen) atoms. The van der Waals surface area contributed by atoms with Gasteiger partial charge in [-0.15, -0.1) is 11.3 Å². The van der Waals surface area contributed by atoms with Crippen LogP contribution in [0.2, 0.25) is 0 Å². The van der Waals surface area contributed by atoms with Gasteiger partial charge < -0.3 is 14.2 Å². The number of nitrogens with zero attached hydrogens (tertiary/aromatic N) is 1. The molecule has 1 aromatic carbocycles. The maximum atomic E-state index is 12.0. The summed E-state index contributed by atoms with van der Waals surface area (Å²) in [6.07, 6.45) is -0.230. The fourth-order valence-electron chi connectivity index (χ4n) is 2.17. The average Bonchev–Trinajstić information content (AvgIpc) is 3.12. The first-order chi connectivity index (χ1) is 10.5. The van der Waals surface area contributed by atoms with E-state index >= 15 is 0 Å². The first kappa shape index (κ1) is 15.1. The lowest BCUT2D eigenvalue weighted by Crippen LogP contribution is -2.25. The van der Waals surface area contributed by atoms with Crippen LogP contribution in [0.15, 0.2) is 35.7 Å². The van der Waals surface area contributed by atoms with Gasteiger partial charge in [-0.25, -0.2) is 9.78 Å². The predicted molar refractivity (Wildman–Crippen MR) is 82.7 cm³/mol. The summed E-state index contributed by atoms with van der Waals surface area (Å²) in [6.45, 7) is 4.26. The Labute approximate surface area is 132 Å². The molecule has 2 aromatic rings. The number of benzene rings is 1. The van der Waals surface area contributed by atoms with Crippen molar-refractivity contribution in [1.29, 1.82) is 0 Å². The molecule has 5 nitrogen and oxygen atoms in total. The van der Waals surface area contributed by atoms with E-state index in [1.807, 2.05) is 44.2 Å². The number of rotatable bonds is 4. The Kier molecular flexibility index (Phi) is 4.24. The van der Waals surface area contributed by atoms with Crippen LogP contribution in [-0.4, -0.2) is 36.1 Å². The smallest absolute Gasteiger partial charge is 0.357 e. The zero-order chi connectivity index (χ0) is 15.6. The van der Waals surface area contributed by atoms with Gasteiger partial charge in [-0.1, -0.05) is 30.3 Å². The molecule has 2 heterocycles. The highest BCUT2D eigenvalue weighted by Crippen LogP contribution is 2.25. The van der Waals surface area contributed by atoms with Crippen molar-refractivity contribution in [1.82, 2.24) is 4.98 Å². The van der Waals surface area contributed by atoms with Crippen molar-refractivity contribution in [2.75, 3.05) is 13.2 Å². The van der Waals surface area contributed by atoms with Crippen molar-refractivity contribution in [2.45, 2.75) is 25.7 Å². The highest BCUT2D eigenvalue weighted by Gasteiger charge is 2.33. The minimum Gasteiger partial charge on any atom is -0.458 e. The van der Waals surface area contributed by atoms with E-state index in [-0.39, 0.29) is 12.7 Å². The van der Waals surface area contributed by atoms with Crippen LogP contribution >= 0.6 is 11.3 Å². The van der Waals surface area contributed by atoms with Crippen LogP contribution in [0.3, 0.4) is 0 Å². The Bertz CT molecular complexity index is 653. The van der Waals surface area contributed by atoms with Crippen LogP contribution in [0, 0.1) is 0 Å². The molecule has 0 amide bonds. The van der Waals surface area contributed by atoms with Crippen LogP contribution in [0.5, 0.6) is 0 Å². The fourth-order valence-corrected chi connectivity index (χ4v) is 2.96. The molecule has 1 aliphatic rings. The molecular formula is C16H17NO4S. The zero-order valence-electron chi connectivity index (χ0n) is 12.4. The fraction of sp³-hybridized carbons (Fsp3) is 0.375. The van der Waals surface area contributed by atoms with E-state index in [2.05, 4.69) is 4.98 Å². The van der Waals surface area contributed by atoms with Gasteiger partial charge in [-0.2, -0.15) is 0 Å². The minimum absolute atomic E-state index is 0.167. The summed E-state index contributed by atoms with van der Waals surface area (Å²) in [5.74, 6) is -1.05. The van der Waals surface area contributed by atoms with E-state index < -0.39 is 11.8 Å². The predicted octanol–water partition coefficient (Wildman–Crippen LogP) is 3.12. The molecule has 0 bridgehead atoms. The third-order valence-corrected chi connectivity index (χ3v) is 4.09. The van der Waals surface area contributed by atoms with Crippen molar-refractivity contribution in [3.63, 3.8) is 0 Å². The monoisotopic (exact) mass is 319 g/mol. The molecule has 0 saturated carbocycles. The number of hydrogen-bond donors (Lipinski definition) is 0. The van der Waals surface area contributed by atoms with Crippen LogP contribution in [0.25, 0.3) is 10.6 Å². The molecule has 3 rings (SSSR count). The summed E-state index contributed by atoms with van der Waals surface area (Å²) in [5.41, 5.74) is 1.31. The Morgan fingerprint density at radius 3 is 2.86 bits per heavy atom. The van der Waals surface area contributed by atoms with Crippen molar-refractivity contribution < 1.29 is 19.0 Å². The Balaban J connectivity index is 1.58. The van der Waals surface area contributed by atoms with E-state index in [1.165, 1.54) is 11.3 Å². The molecule has 1 saturated heterocycles. The van der Waals surface area contributed by atoms with Crippen LogP contribution in [-0.2, 0) is 14.2 Å². The molecule has 0 unspecified atom stereocenters. The molecule has 1 aliphatic heterocycles. The topological polar surface area (TPSA) is 57.7 Å². The van der Waals surface area contributed by atoms with Crippen molar-refractivity contribution in [3.05, 3.63) is 41.4 Å². The molecule has 0 N–H and O–H groups in total. The number of esters is 1. The molecule has 0 radical (unpaired) electrons. The van der Waals surface area contributed by atoms with Crippen molar-refractivity contribution in [3.8, 4) is 10.6 Å². The number of hydrogen-bond acceptors (Lipinski definition) is 6. The second-order valence-corrected chi connectivity index (χ2v) is 6.31. The summed E-state index contributed by atoms with van der Waals surface area (Å²) in [5, 5.41) is 2.51. The first-order valence-electron chi connectivity index (χ1n) is 7.03. The highest BCUT2D eigenvalue weighted by atomic mass is 32.1. The van der Waals surface area contributed by atoms with Crippen molar-refractivity contribution >= 4 is 17.3 Å². The van der Waals surface area contributed by atoms with Gasteiger partial charge >= 0.3 is 5.97 Å². The molecule has 1 aromatic heterocycles. The lowest BCUT2D eigenvalue weighted by Gasteiger charge is -2.16. The molecule has 0 aliphatic carbocycles. The van der Waals surface area contributed by atoms with Crippen LogP contribution in [0.1, 0.15) is 24.3 Å². The molecular weight excluding hydrogens is 302 g/mol. The van der Waals surface area contributed by atoms with Gasteiger partial charge in [0.05, 0.1) is 6.61 Å². The average molecular weight is 319 g/mol. The van der Waals surface area contributed by atoms with Gasteiger partial charge in [0.25, 0.3) is 0 Å². The summed E-state index contributed by atoms with van der Waals surface area (Å²) in [6, 6.07) is 9.73. The summed E-state index contributed by atoms with van der Waals surface area (Å²) >= 11 is 1.42. The normalized spacial score (nSPS) is 20.0. The highest BCUT2D eigenvalue weighted by molar-refractivity contribution is 7.13. The van der Waals surface area contributed by atoms with Gasteiger partial charge in [-0.05, 0) is 13.8 Å². The molecule has 6 heteroatoms. The van der Waals surface area contributed by atoms with Gasteiger partial charge in [0.1, 0.15) is 17.7 Å². The van der Waals surface area contributed by atoms with Gasteiger partial charge in [-0.3, -0.25) is 0 Å². The van der Waals surface area contributed by atoms with Gasteiger partial charge in [0.15, 0.2) is 11.5 Å². The summed E-state index contributed by atoms with van der Waals surface area (Å²) in [7, 11) is 0. The number of ether oxygens (including phenoxy) is 3. The maximum absolute atomic E-state index is 12.0. The second-order valence-electron chi connectivity index (χ2n) is 5.45. The Morgan fingerprint density at radius 1 is 1.41 bits per heavy atom. The van der Waals surface area contributed by atoms with Gasteiger partial charge in [0, 0.05) is 10.9 Å². The van der Waals surface area contributed by atoms with Crippen LogP contribution in [0.4, 0.5) is 0 Å². The summed E-state index contributed by atoms with van der Waals surface area (Å²) < 4.78 is 16.3. The number of carbonyl (C=O) groups is 1. The van der Waals surface area contributed by atoms with E-state index in [0.29, 0.717) is 12.3 Å². The first-order valence-corrected chi connectivity index (χ1v) is 7.91. The largest absolute Gasteiger partial charge is 0.458 e. The third-order valence-electron chi connectivity index (χ3n) is 3.20. The second kappa shape index (κ2) is 6.16. The third kappa shape index (κ3) is 3.52. The van der Waals surface area contributed by atoms with Crippen molar-refractivity contribution in [2.24, 2.45) is 0 Å². The number of thiazole rings is 1. The molecule has 0 spiro atoms.